The number of esters is 2. The Balaban J connectivity index is 5.70. The van der Waals surface area contributed by atoms with Crippen molar-refractivity contribution in [3.8, 4) is 0 Å². The van der Waals surface area contributed by atoms with E-state index in [9.17, 15) is 14.4 Å². The molecule has 0 radical (unpaired) electrons. The predicted molar refractivity (Wildman–Crippen MR) is 78.5 cm³/mol. The van der Waals surface area contributed by atoms with Crippen LogP contribution >= 0.6 is 0 Å². The maximum absolute atomic E-state index is 12.3. The van der Waals surface area contributed by atoms with Gasteiger partial charge < -0.3 is 14.8 Å². The fraction of sp³-hybridized carbons (Fsp3) is 0.667. The summed E-state index contributed by atoms with van der Waals surface area (Å²) in [5, 5.41) is 2.38. The molecule has 0 unspecified atom stereocenters. The zero-order valence-corrected chi connectivity index (χ0v) is 13.3. The molecule has 0 spiro atoms. The number of nitrogens with one attached hydrogen (secondary N) is 1. The molecule has 120 valence electrons. The number of ether oxygens (including phenoxy) is 2. The van der Waals surface area contributed by atoms with E-state index in [1.165, 1.54) is 6.92 Å². The Morgan fingerprint density at radius 3 is 1.86 bits per heavy atom. The first kappa shape index (κ1) is 19.1. The van der Waals surface area contributed by atoms with Gasteiger partial charge in [0.05, 0.1) is 13.2 Å². The van der Waals surface area contributed by atoms with E-state index in [1.807, 2.05) is 6.92 Å². The monoisotopic (exact) mass is 299 g/mol. The van der Waals surface area contributed by atoms with E-state index >= 15 is 0 Å². The van der Waals surface area contributed by atoms with Crippen molar-refractivity contribution in [3.05, 3.63) is 12.2 Å². The number of unbranched alkanes of at least 4 members (excludes halogenated alkanes) is 1. The van der Waals surface area contributed by atoms with Crippen molar-refractivity contribution in [2.24, 2.45) is 0 Å². The first-order valence-electron chi connectivity index (χ1n) is 7.18. The molecule has 0 aromatic carbocycles. The Morgan fingerprint density at radius 2 is 1.52 bits per heavy atom. The molecule has 0 aliphatic heterocycles. The number of rotatable bonds is 9. The average molecular weight is 299 g/mol. The van der Waals surface area contributed by atoms with E-state index in [4.69, 9.17) is 9.47 Å². The van der Waals surface area contributed by atoms with Gasteiger partial charge in [-0.25, -0.2) is 9.59 Å². The molecule has 0 aromatic rings. The molecule has 0 atom stereocenters. The van der Waals surface area contributed by atoms with Crippen molar-refractivity contribution >= 4 is 17.8 Å². The average Bonchev–Trinajstić information content (AvgIpc) is 2.42. The molecule has 0 rings (SSSR count). The van der Waals surface area contributed by atoms with Gasteiger partial charge >= 0.3 is 11.9 Å². The SMILES string of the molecule is C=C(CCCC)C(NC(C)=O)(C(=O)OCC)C(=O)OCC. The van der Waals surface area contributed by atoms with Gasteiger partial charge in [-0.15, -0.1) is 0 Å². The fourth-order valence-corrected chi connectivity index (χ4v) is 1.88. The van der Waals surface area contributed by atoms with Crippen LogP contribution in [-0.2, 0) is 23.9 Å². The highest BCUT2D eigenvalue weighted by Gasteiger charge is 2.52. The third-order valence-corrected chi connectivity index (χ3v) is 2.89. The molecule has 1 amide bonds. The summed E-state index contributed by atoms with van der Waals surface area (Å²) in [5.41, 5.74) is -1.69. The Morgan fingerprint density at radius 1 is 1.05 bits per heavy atom. The fourth-order valence-electron chi connectivity index (χ4n) is 1.88. The normalized spacial score (nSPS) is 10.7. The molecule has 0 aliphatic carbocycles. The summed E-state index contributed by atoms with van der Waals surface area (Å²) in [6.07, 6.45) is 2.01. The molecule has 0 aliphatic rings. The van der Waals surface area contributed by atoms with Crippen molar-refractivity contribution in [2.75, 3.05) is 13.2 Å². The minimum atomic E-state index is -1.97. The second kappa shape index (κ2) is 9.15. The van der Waals surface area contributed by atoms with Crippen LogP contribution in [0.3, 0.4) is 0 Å². The van der Waals surface area contributed by atoms with Crippen LogP contribution in [0.2, 0.25) is 0 Å². The summed E-state index contributed by atoms with van der Waals surface area (Å²) >= 11 is 0. The molecule has 21 heavy (non-hydrogen) atoms. The summed E-state index contributed by atoms with van der Waals surface area (Å²) in [6.45, 7) is 10.4. The number of amides is 1. The Labute approximate surface area is 125 Å². The molecular formula is C15H25NO5. The van der Waals surface area contributed by atoms with Crippen LogP contribution in [0.4, 0.5) is 0 Å². The van der Waals surface area contributed by atoms with E-state index in [1.54, 1.807) is 13.8 Å². The number of carbonyl (C=O) groups is 3. The maximum atomic E-state index is 12.3. The smallest absolute Gasteiger partial charge is 0.348 e. The maximum Gasteiger partial charge on any atom is 0.348 e. The lowest BCUT2D eigenvalue weighted by atomic mass is 9.87. The van der Waals surface area contributed by atoms with Crippen LogP contribution in [0.1, 0.15) is 47.0 Å². The van der Waals surface area contributed by atoms with Gasteiger partial charge in [-0.2, -0.15) is 0 Å². The second-order valence-electron chi connectivity index (χ2n) is 4.58. The number of hydrogen-bond donors (Lipinski definition) is 1. The van der Waals surface area contributed by atoms with Crippen molar-refractivity contribution in [1.29, 1.82) is 0 Å². The highest BCUT2D eigenvalue weighted by Crippen LogP contribution is 2.25. The molecule has 0 bridgehead atoms. The highest BCUT2D eigenvalue weighted by atomic mass is 16.6. The third kappa shape index (κ3) is 4.88. The lowest BCUT2D eigenvalue weighted by Crippen LogP contribution is -2.62. The van der Waals surface area contributed by atoms with Crippen LogP contribution in [0.25, 0.3) is 0 Å². The first-order chi connectivity index (χ1) is 9.86. The molecule has 0 saturated heterocycles. The van der Waals surface area contributed by atoms with Gasteiger partial charge in [-0.1, -0.05) is 19.9 Å². The Kier molecular flexibility index (Phi) is 8.35. The van der Waals surface area contributed by atoms with Crippen LogP contribution in [0, 0.1) is 0 Å². The standard InChI is InChI=1S/C15H25NO5/c1-6-9-10-11(4)15(16-12(5)17,13(18)20-7-2)14(19)21-8-3/h4,6-10H2,1-3,5H3,(H,16,17). The largest absolute Gasteiger partial charge is 0.464 e. The van der Waals surface area contributed by atoms with Crippen LogP contribution < -0.4 is 5.32 Å². The van der Waals surface area contributed by atoms with Crippen LogP contribution in [0.5, 0.6) is 0 Å². The zero-order valence-electron chi connectivity index (χ0n) is 13.3. The predicted octanol–water partition coefficient (Wildman–Crippen LogP) is 1.73. The minimum Gasteiger partial charge on any atom is -0.464 e. The van der Waals surface area contributed by atoms with Gasteiger partial charge in [0.15, 0.2) is 0 Å². The Bertz CT molecular complexity index is 385. The van der Waals surface area contributed by atoms with E-state index < -0.39 is 23.4 Å². The summed E-state index contributed by atoms with van der Waals surface area (Å²) in [6, 6.07) is 0. The van der Waals surface area contributed by atoms with Gasteiger partial charge in [0.25, 0.3) is 5.54 Å². The van der Waals surface area contributed by atoms with Crippen molar-refractivity contribution in [3.63, 3.8) is 0 Å². The third-order valence-electron chi connectivity index (χ3n) is 2.89. The molecule has 6 heteroatoms. The molecule has 0 heterocycles. The van der Waals surface area contributed by atoms with Crippen molar-refractivity contribution < 1.29 is 23.9 Å². The quantitative estimate of drug-likeness (QED) is 0.398. The number of hydrogen-bond acceptors (Lipinski definition) is 5. The molecule has 0 fully saturated rings. The number of carbonyl (C=O) groups excluding carboxylic acids is 3. The van der Waals surface area contributed by atoms with Crippen LogP contribution in [-0.4, -0.2) is 36.6 Å². The highest BCUT2D eigenvalue weighted by molar-refractivity contribution is 6.11. The molecular weight excluding hydrogens is 274 g/mol. The lowest BCUT2D eigenvalue weighted by molar-refractivity contribution is -0.165. The van der Waals surface area contributed by atoms with Gasteiger partial charge in [0.1, 0.15) is 0 Å². The topological polar surface area (TPSA) is 81.7 Å². The molecule has 0 aromatic heterocycles. The zero-order chi connectivity index (χ0) is 16.5. The van der Waals surface area contributed by atoms with E-state index in [2.05, 4.69) is 11.9 Å². The Hall–Kier alpha value is -1.85. The van der Waals surface area contributed by atoms with Crippen molar-refractivity contribution in [1.82, 2.24) is 5.32 Å². The molecule has 0 saturated carbocycles. The summed E-state index contributed by atoms with van der Waals surface area (Å²) < 4.78 is 9.92. The minimum absolute atomic E-state index is 0.0840. The first-order valence-corrected chi connectivity index (χ1v) is 7.18. The van der Waals surface area contributed by atoms with Gasteiger partial charge in [0, 0.05) is 6.92 Å². The molecule has 1 N–H and O–H groups in total. The summed E-state index contributed by atoms with van der Waals surface area (Å²) in [7, 11) is 0. The van der Waals surface area contributed by atoms with Gasteiger partial charge in [-0.05, 0) is 32.3 Å². The van der Waals surface area contributed by atoms with Crippen LogP contribution in [0.15, 0.2) is 12.2 Å². The van der Waals surface area contributed by atoms with Gasteiger partial charge in [-0.3, -0.25) is 4.79 Å². The summed E-state index contributed by atoms with van der Waals surface area (Å²) in [4.78, 5) is 36.1. The van der Waals surface area contributed by atoms with Gasteiger partial charge in [0.2, 0.25) is 5.91 Å². The van der Waals surface area contributed by atoms with E-state index in [0.717, 1.165) is 12.8 Å². The molecule has 6 nitrogen and oxygen atoms in total. The second-order valence-corrected chi connectivity index (χ2v) is 4.58. The lowest BCUT2D eigenvalue weighted by Gasteiger charge is -2.31. The van der Waals surface area contributed by atoms with Crippen molar-refractivity contribution in [2.45, 2.75) is 52.5 Å². The van der Waals surface area contributed by atoms with E-state index in [-0.39, 0.29) is 18.8 Å². The van der Waals surface area contributed by atoms with E-state index in [0.29, 0.717) is 6.42 Å². The summed E-state index contributed by atoms with van der Waals surface area (Å²) in [5.74, 6) is -2.26.